The first-order chi connectivity index (χ1) is 6.83. The molecule has 0 heterocycles. The van der Waals surface area contributed by atoms with Crippen molar-refractivity contribution in [2.24, 2.45) is 0 Å². The summed E-state index contributed by atoms with van der Waals surface area (Å²) in [7, 11) is 0. The molecule has 1 aliphatic rings. The molecule has 0 aliphatic heterocycles. The minimum atomic E-state index is 0. The van der Waals surface area contributed by atoms with Crippen LogP contribution in [0.3, 0.4) is 0 Å². The summed E-state index contributed by atoms with van der Waals surface area (Å²) in [4.78, 5) is 0. The van der Waals surface area contributed by atoms with E-state index in [2.05, 4.69) is 49.9 Å². The van der Waals surface area contributed by atoms with Crippen LogP contribution in [0.1, 0.15) is 12.5 Å². The molecule has 1 atom stereocenters. The van der Waals surface area contributed by atoms with Gasteiger partial charge in [0.25, 0.3) is 0 Å². The van der Waals surface area contributed by atoms with Crippen LogP contribution in [0, 0.1) is 13.3 Å². The molecule has 0 saturated carbocycles. The van der Waals surface area contributed by atoms with Gasteiger partial charge in [-0.15, -0.1) is 0 Å². The van der Waals surface area contributed by atoms with E-state index in [1.165, 1.54) is 5.56 Å². The smallest absolute Gasteiger partial charge is 0.339 e. The number of hydrogen-bond acceptors (Lipinski definition) is 1. The fourth-order valence-electron chi connectivity index (χ4n) is 1.13. The van der Waals surface area contributed by atoms with E-state index in [0.29, 0.717) is 6.04 Å². The summed E-state index contributed by atoms with van der Waals surface area (Å²) >= 11 is 0. The second kappa shape index (κ2) is 8.68. The third kappa shape index (κ3) is 6.46. The number of nitrogens with one attached hydrogen (secondary N) is 1. The first-order valence-electron chi connectivity index (χ1n) is 5.09. The van der Waals surface area contributed by atoms with E-state index < -0.39 is 0 Å². The zero-order chi connectivity index (χ0) is 10.2. The summed E-state index contributed by atoms with van der Waals surface area (Å²) < 4.78 is 0. The van der Waals surface area contributed by atoms with Gasteiger partial charge in [0.15, 0.2) is 0 Å². The van der Waals surface area contributed by atoms with Gasteiger partial charge in [-0.25, -0.2) is 18.6 Å². The predicted molar refractivity (Wildman–Crippen MR) is 62.1 cm³/mol. The average Bonchev–Trinajstić information content (AvgIpc) is 2.14. The van der Waals surface area contributed by atoms with Crippen molar-refractivity contribution in [1.29, 1.82) is 0 Å². The fraction of sp³-hybridized carbons (Fsp3) is 0.308. The van der Waals surface area contributed by atoms with E-state index in [0.717, 1.165) is 6.54 Å². The van der Waals surface area contributed by atoms with Gasteiger partial charge in [0.1, 0.15) is 0 Å². The molecule has 1 N–H and O–H groups in total. The Balaban J connectivity index is 0.000000245. The maximum absolute atomic E-state index is 3.24. The molecule has 1 aromatic rings. The second-order valence-electron chi connectivity index (χ2n) is 3.32. The van der Waals surface area contributed by atoms with E-state index in [4.69, 9.17) is 0 Å². The van der Waals surface area contributed by atoms with Crippen LogP contribution in [0.2, 0.25) is 0 Å². The van der Waals surface area contributed by atoms with Crippen LogP contribution in [0.4, 0.5) is 0 Å². The molecule has 0 spiro atoms. The van der Waals surface area contributed by atoms with Crippen molar-refractivity contribution in [3.63, 3.8) is 0 Å². The van der Waals surface area contributed by atoms with Crippen molar-refractivity contribution in [1.82, 2.24) is 5.32 Å². The molecule has 0 bridgehead atoms. The maximum Gasteiger partial charge on any atom is 1.00 e. The summed E-state index contributed by atoms with van der Waals surface area (Å²) in [5.74, 6) is 0. The topological polar surface area (TPSA) is 12.0 Å². The first kappa shape index (κ1) is 14.4. The SMILES string of the molecule is CCNC1C=C[CH-]1.Cc1ccccc1.[Li+]. The molecule has 0 saturated heterocycles. The van der Waals surface area contributed by atoms with Gasteiger partial charge in [0.2, 0.25) is 0 Å². The molecule has 1 nitrogen and oxygen atoms in total. The minimum absolute atomic E-state index is 0. The average molecular weight is 195 g/mol. The summed E-state index contributed by atoms with van der Waals surface area (Å²) in [6.07, 6.45) is 6.35. The van der Waals surface area contributed by atoms with E-state index in [1.807, 2.05) is 18.2 Å². The Bertz CT molecular complexity index is 269. The summed E-state index contributed by atoms with van der Waals surface area (Å²) in [5.41, 5.74) is 1.32. The van der Waals surface area contributed by atoms with Crippen molar-refractivity contribution < 1.29 is 18.9 Å². The maximum atomic E-state index is 3.24. The fourth-order valence-corrected chi connectivity index (χ4v) is 1.13. The molecular formula is C13H18LiN. The van der Waals surface area contributed by atoms with Gasteiger partial charge in [-0.3, -0.25) is 0 Å². The van der Waals surface area contributed by atoms with Gasteiger partial charge < -0.3 is 5.32 Å². The number of hydrogen-bond donors (Lipinski definition) is 1. The standard InChI is InChI=1S/C7H8.C6H10N.Li/c1-7-5-3-2-4-6-7;1-2-7-6-4-3-5-6;/h2-6H,1H3;3-7H,2H2,1H3;/q;-1;+1. The van der Waals surface area contributed by atoms with Gasteiger partial charge in [-0.2, -0.15) is 0 Å². The van der Waals surface area contributed by atoms with Gasteiger partial charge in [0, 0.05) is 0 Å². The monoisotopic (exact) mass is 195 g/mol. The third-order valence-corrected chi connectivity index (χ3v) is 2.02. The largest absolute Gasteiger partial charge is 1.00 e. The molecule has 0 fully saturated rings. The molecule has 1 unspecified atom stereocenters. The molecule has 0 amide bonds. The quantitative estimate of drug-likeness (QED) is 0.506. The molecular weight excluding hydrogens is 177 g/mol. The van der Waals surface area contributed by atoms with Crippen LogP contribution in [-0.4, -0.2) is 12.6 Å². The molecule has 2 heteroatoms. The van der Waals surface area contributed by atoms with Crippen LogP contribution in [0.25, 0.3) is 0 Å². The first-order valence-corrected chi connectivity index (χ1v) is 5.09. The van der Waals surface area contributed by atoms with E-state index in [9.17, 15) is 0 Å². The summed E-state index contributed by atoms with van der Waals surface area (Å²) in [6.45, 7) is 5.26. The van der Waals surface area contributed by atoms with Crippen LogP contribution in [0.15, 0.2) is 42.5 Å². The zero-order valence-corrected chi connectivity index (χ0v) is 9.90. The number of benzene rings is 1. The molecule has 15 heavy (non-hydrogen) atoms. The van der Waals surface area contributed by atoms with E-state index in [-0.39, 0.29) is 18.9 Å². The van der Waals surface area contributed by atoms with Gasteiger partial charge in [0.05, 0.1) is 0 Å². The van der Waals surface area contributed by atoms with Crippen molar-refractivity contribution in [2.45, 2.75) is 19.9 Å². The third-order valence-electron chi connectivity index (χ3n) is 2.02. The van der Waals surface area contributed by atoms with Crippen LogP contribution >= 0.6 is 0 Å². The van der Waals surface area contributed by atoms with Crippen molar-refractivity contribution in [3.05, 3.63) is 54.5 Å². The molecule has 2 rings (SSSR count). The summed E-state index contributed by atoms with van der Waals surface area (Å²) in [6, 6.07) is 10.8. The molecule has 0 aromatic heterocycles. The molecule has 0 radical (unpaired) electrons. The van der Waals surface area contributed by atoms with Crippen molar-refractivity contribution >= 4 is 0 Å². The Labute approximate surface area is 105 Å². The Kier molecular flexibility index (Phi) is 8.32. The van der Waals surface area contributed by atoms with Crippen molar-refractivity contribution in [2.75, 3.05) is 6.54 Å². The predicted octanol–water partition coefficient (Wildman–Crippen LogP) is -0.262. The normalized spacial score (nSPS) is 16.3. The Hall–Kier alpha value is -0.613. The Morgan fingerprint density at radius 1 is 1.27 bits per heavy atom. The summed E-state index contributed by atoms with van der Waals surface area (Å²) in [5, 5.41) is 3.24. The van der Waals surface area contributed by atoms with Gasteiger partial charge in [-0.1, -0.05) is 48.9 Å². The Morgan fingerprint density at radius 3 is 2.07 bits per heavy atom. The molecule has 76 valence electrons. The van der Waals surface area contributed by atoms with Crippen LogP contribution < -0.4 is 24.2 Å². The second-order valence-corrected chi connectivity index (χ2v) is 3.32. The van der Waals surface area contributed by atoms with E-state index in [1.54, 1.807) is 0 Å². The molecule has 1 aliphatic carbocycles. The number of aryl methyl sites for hydroxylation is 1. The van der Waals surface area contributed by atoms with Crippen molar-refractivity contribution in [3.8, 4) is 0 Å². The molecule has 1 aromatic carbocycles. The number of likely N-dealkylation sites (N-methyl/N-ethyl adjacent to an activating group) is 1. The van der Waals surface area contributed by atoms with E-state index >= 15 is 0 Å². The zero-order valence-electron chi connectivity index (χ0n) is 9.90. The minimum Gasteiger partial charge on any atom is -0.339 e. The van der Waals surface area contributed by atoms with Gasteiger partial charge in [-0.05, 0) is 13.5 Å². The van der Waals surface area contributed by atoms with Crippen LogP contribution in [0.5, 0.6) is 0 Å². The van der Waals surface area contributed by atoms with Crippen LogP contribution in [-0.2, 0) is 0 Å². The Morgan fingerprint density at radius 2 is 1.87 bits per heavy atom. The van der Waals surface area contributed by atoms with Gasteiger partial charge >= 0.3 is 18.9 Å². The number of rotatable bonds is 2.